The highest BCUT2D eigenvalue weighted by Crippen LogP contribution is 2.09. The Bertz CT molecular complexity index is 297. The lowest BCUT2D eigenvalue weighted by molar-refractivity contribution is 0.757. The molecule has 0 atom stereocenters. The molecule has 0 heterocycles. The smallest absolute Gasteiger partial charge is 0.0208 e. The van der Waals surface area contributed by atoms with Crippen LogP contribution in [-0.4, -0.2) is 6.54 Å². The second-order valence-electron chi connectivity index (χ2n) is 3.54. The van der Waals surface area contributed by atoms with Crippen LogP contribution in [0.25, 0.3) is 0 Å². The van der Waals surface area contributed by atoms with Crippen LogP contribution < -0.4 is 5.32 Å². The fourth-order valence-corrected chi connectivity index (χ4v) is 1.36. The van der Waals surface area contributed by atoms with Gasteiger partial charge in [-0.3, -0.25) is 0 Å². The fourth-order valence-electron chi connectivity index (χ4n) is 1.10. The van der Waals surface area contributed by atoms with Gasteiger partial charge in [-0.15, -0.1) is 0 Å². The van der Waals surface area contributed by atoms with Crippen LogP contribution in [-0.2, 0) is 6.54 Å². The van der Waals surface area contributed by atoms with Crippen LogP contribution in [0.3, 0.4) is 0 Å². The van der Waals surface area contributed by atoms with E-state index in [1.165, 1.54) is 11.1 Å². The first-order chi connectivity index (χ1) is 6.68. The summed E-state index contributed by atoms with van der Waals surface area (Å²) >= 11 is 3.42. The van der Waals surface area contributed by atoms with Crippen LogP contribution in [0, 0.1) is 0 Å². The molecule has 0 aliphatic heterocycles. The van der Waals surface area contributed by atoms with E-state index in [0.29, 0.717) is 0 Å². The summed E-state index contributed by atoms with van der Waals surface area (Å²) in [6.45, 7) is 6.10. The van der Waals surface area contributed by atoms with Crippen LogP contribution in [0.1, 0.15) is 19.4 Å². The second kappa shape index (κ2) is 5.99. The van der Waals surface area contributed by atoms with Gasteiger partial charge in [-0.05, 0) is 31.5 Å². The van der Waals surface area contributed by atoms with E-state index in [2.05, 4.69) is 65.4 Å². The number of hydrogen-bond donors (Lipinski definition) is 1. The zero-order chi connectivity index (χ0) is 10.4. The van der Waals surface area contributed by atoms with E-state index in [0.717, 1.165) is 17.6 Å². The Morgan fingerprint density at radius 1 is 1.29 bits per heavy atom. The van der Waals surface area contributed by atoms with Crippen LogP contribution in [0.2, 0.25) is 0 Å². The predicted octanol–water partition coefficient (Wildman–Crippen LogP) is 3.50. The highest BCUT2D eigenvalue weighted by molar-refractivity contribution is 9.10. The zero-order valence-electron chi connectivity index (χ0n) is 8.68. The van der Waals surface area contributed by atoms with E-state index in [9.17, 15) is 0 Å². The molecule has 0 aliphatic carbocycles. The van der Waals surface area contributed by atoms with E-state index in [4.69, 9.17) is 0 Å². The molecule has 0 fully saturated rings. The summed E-state index contributed by atoms with van der Waals surface area (Å²) in [4.78, 5) is 0. The van der Waals surface area contributed by atoms with E-state index in [-0.39, 0.29) is 0 Å². The van der Waals surface area contributed by atoms with Crippen LogP contribution in [0.5, 0.6) is 0 Å². The van der Waals surface area contributed by atoms with Crippen molar-refractivity contribution in [3.63, 3.8) is 0 Å². The lowest BCUT2D eigenvalue weighted by Crippen LogP contribution is -2.12. The van der Waals surface area contributed by atoms with Crippen molar-refractivity contribution in [2.45, 2.75) is 20.4 Å². The molecule has 0 radical (unpaired) electrons. The minimum Gasteiger partial charge on any atom is -0.309 e. The monoisotopic (exact) mass is 253 g/mol. The van der Waals surface area contributed by atoms with Gasteiger partial charge in [-0.1, -0.05) is 39.7 Å². The van der Waals surface area contributed by atoms with Gasteiger partial charge < -0.3 is 5.32 Å². The maximum absolute atomic E-state index is 3.42. The third-order valence-electron chi connectivity index (χ3n) is 1.90. The Kier molecular flexibility index (Phi) is 4.91. The first-order valence-electron chi connectivity index (χ1n) is 4.77. The molecule has 1 N–H and O–H groups in total. The summed E-state index contributed by atoms with van der Waals surface area (Å²) < 4.78 is 1.13. The van der Waals surface area contributed by atoms with Crippen LogP contribution >= 0.6 is 15.9 Å². The lowest BCUT2D eigenvalue weighted by atomic mass is 10.2. The van der Waals surface area contributed by atoms with Crippen molar-refractivity contribution < 1.29 is 0 Å². The molecule has 76 valence electrons. The molecule has 0 spiro atoms. The van der Waals surface area contributed by atoms with E-state index in [1.54, 1.807) is 0 Å². The molecule has 0 saturated heterocycles. The Morgan fingerprint density at radius 2 is 1.93 bits per heavy atom. The third kappa shape index (κ3) is 4.58. The van der Waals surface area contributed by atoms with Crippen LogP contribution in [0.4, 0.5) is 0 Å². The number of benzene rings is 1. The molecule has 1 aromatic carbocycles. The number of hydrogen-bond acceptors (Lipinski definition) is 1. The molecule has 0 saturated carbocycles. The molecule has 14 heavy (non-hydrogen) atoms. The minimum atomic E-state index is 0.928. The Balaban J connectivity index is 2.32. The summed E-state index contributed by atoms with van der Waals surface area (Å²) in [5.74, 6) is 0. The van der Waals surface area contributed by atoms with Gasteiger partial charge in [0.05, 0.1) is 0 Å². The van der Waals surface area contributed by atoms with Crippen molar-refractivity contribution in [2.75, 3.05) is 6.54 Å². The number of halogens is 1. The molecule has 1 aromatic rings. The van der Waals surface area contributed by atoms with Crippen molar-refractivity contribution in [1.29, 1.82) is 0 Å². The molecular weight excluding hydrogens is 238 g/mol. The topological polar surface area (TPSA) is 12.0 Å². The summed E-state index contributed by atoms with van der Waals surface area (Å²) in [5.41, 5.74) is 2.67. The van der Waals surface area contributed by atoms with Gasteiger partial charge in [0.15, 0.2) is 0 Å². The number of rotatable bonds is 4. The summed E-state index contributed by atoms with van der Waals surface area (Å²) in [6.07, 6.45) is 2.19. The van der Waals surface area contributed by atoms with Gasteiger partial charge in [-0.25, -0.2) is 0 Å². The molecule has 1 rings (SSSR count). The third-order valence-corrected chi connectivity index (χ3v) is 2.43. The molecule has 0 aliphatic rings. The van der Waals surface area contributed by atoms with Crippen molar-refractivity contribution >= 4 is 15.9 Å². The number of nitrogens with one attached hydrogen (secondary N) is 1. The average molecular weight is 254 g/mol. The molecular formula is C12H16BrN. The van der Waals surface area contributed by atoms with Crippen molar-refractivity contribution in [3.05, 3.63) is 46.0 Å². The quantitative estimate of drug-likeness (QED) is 0.640. The van der Waals surface area contributed by atoms with Gasteiger partial charge >= 0.3 is 0 Å². The molecule has 1 nitrogen and oxygen atoms in total. The van der Waals surface area contributed by atoms with E-state index < -0.39 is 0 Å². The van der Waals surface area contributed by atoms with Gasteiger partial charge in [0.25, 0.3) is 0 Å². The maximum Gasteiger partial charge on any atom is 0.0208 e. The van der Waals surface area contributed by atoms with Gasteiger partial charge in [0, 0.05) is 17.6 Å². The van der Waals surface area contributed by atoms with Gasteiger partial charge in [-0.2, -0.15) is 0 Å². The normalized spacial score (nSPS) is 9.93. The lowest BCUT2D eigenvalue weighted by Gasteiger charge is -2.02. The van der Waals surface area contributed by atoms with Gasteiger partial charge in [0.1, 0.15) is 0 Å². The van der Waals surface area contributed by atoms with E-state index in [1.807, 2.05) is 0 Å². The SMILES string of the molecule is CC(C)=CCNCc1ccc(Br)cc1. The maximum atomic E-state index is 3.42. The molecule has 0 amide bonds. The molecule has 0 aromatic heterocycles. The van der Waals surface area contributed by atoms with Gasteiger partial charge in [0.2, 0.25) is 0 Å². The first kappa shape index (κ1) is 11.5. The Morgan fingerprint density at radius 3 is 2.50 bits per heavy atom. The zero-order valence-corrected chi connectivity index (χ0v) is 10.3. The highest BCUT2D eigenvalue weighted by atomic mass is 79.9. The van der Waals surface area contributed by atoms with Crippen molar-refractivity contribution in [2.24, 2.45) is 0 Å². The summed E-state index contributed by atoms with van der Waals surface area (Å²) in [5, 5.41) is 3.36. The minimum absolute atomic E-state index is 0.928. The predicted molar refractivity (Wildman–Crippen MR) is 65.3 cm³/mol. The molecule has 0 unspecified atom stereocenters. The number of allylic oxidation sites excluding steroid dienone is 1. The first-order valence-corrected chi connectivity index (χ1v) is 5.56. The Hall–Kier alpha value is -0.600. The summed E-state index contributed by atoms with van der Waals surface area (Å²) in [7, 11) is 0. The second-order valence-corrected chi connectivity index (χ2v) is 4.45. The average Bonchev–Trinajstić information content (AvgIpc) is 2.15. The van der Waals surface area contributed by atoms with Crippen molar-refractivity contribution in [3.8, 4) is 0 Å². The van der Waals surface area contributed by atoms with E-state index >= 15 is 0 Å². The molecule has 0 bridgehead atoms. The van der Waals surface area contributed by atoms with Crippen LogP contribution in [0.15, 0.2) is 40.4 Å². The standard InChI is InChI=1S/C12H16BrN/c1-10(2)7-8-14-9-11-3-5-12(13)6-4-11/h3-7,14H,8-9H2,1-2H3. The Labute approximate surface area is 94.3 Å². The van der Waals surface area contributed by atoms with Crippen molar-refractivity contribution in [1.82, 2.24) is 5.32 Å². The highest BCUT2D eigenvalue weighted by Gasteiger charge is 1.90. The summed E-state index contributed by atoms with van der Waals surface area (Å²) in [6, 6.07) is 8.38. The largest absolute Gasteiger partial charge is 0.309 e. The molecule has 2 heteroatoms. The fraction of sp³-hybridized carbons (Fsp3) is 0.333.